The van der Waals surface area contributed by atoms with Crippen LogP contribution in [-0.4, -0.2) is 59.3 Å². The van der Waals surface area contributed by atoms with E-state index in [-0.39, 0.29) is 5.95 Å². The average molecular weight is 663 g/mol. The maximum absolute atomic E-state index is 13.1. The standard InChI is InChI=1S/C36H41F3N6O3/c1-3-28(32(46)47)24-26-9-15-31(16-10-26)48-22-21-44(2)34-41-33(40-30-13-11-29(12-14-30)36(37,38)39)42-35(43-34)45-19-17-27(18-20-45)23-25-7-5-4-6-8-25/h4-16,27-28H,3,17-24H2,1-2H3,(H,46,47)(H,40,41,42,43). The molecule has 48 heavy (non-hydrogen) atoms. The summed E-state index contributed by atoms with van der Waals surface area (Å²) in [6.07, 6.45) is -0.420. The minimum absolute atomic E-state index is 0.233. The molecule has 254 valence electrons. The van der Waals surface area contributed by atoms with Crippen LogP contribution in [0.2, 0.25) is 0 Å². The number of carboxylic acids is 1. The molecule has 12 heteroatoms. The summed E-state index contributed by atoms with van der Waals surface area (Å²) >= 11 is 0. The van der Waals surface area contributed by atoms with Crippen LogP contribution in [0, 0.1) is 11.8 Å². The molecule has 1 saturated heterocycles. The van der Waals surface area contributed by atoms with Crippen molar-refractivity contribution in [3.8, 4) is 5.75 Å². The fourth-order valence-electron chi connectivity index (χ4n) is 5.69. The van der Waals surface area contributed by atoms with Crippen molar-refractivity contribution in [1.29, 1.82) is 0 Å². The quantitative estimate of drug-likeness (QED) is 0.144. The van der Waals surface area contributed by atoms with Gasteiger partial charge < -0.3 is 25.0 Å². The molecule has 1 aliphatic heterocycles. The van der Waals surface area contributed by atoms with Crippen LogP contribution in [0.5, 0.6) is 5.75 Å². The third-order valence-corrected chi connectivity index (χ3v) is 8.63. The van der Waals surface area contributed by atoms with Gasteiger partial charge in [0, 0.05) is 25.8 Å². The lowest BCUT2D eigenvalue weighted by molar-refractivity contribution is -0.141. The van der Waals surface area contributed by atoms with E-state index in [0.29, 0.717) is 55.2 Å². The van der Waals surface area contributed by atoms with Gasteiger partial charge in [0.25, 0.3) is 0 Å². The third-order valence-electron chi connectivity index (χ3n) is 8.63. The Hall–Kier alpha value is -4.87. The number of aromatic nitrogens is 3. The van der Waals surface area contributed by atoms with Crippen LogP contribution in [0.1, 0.15) is 42.9 Å². The number of alkyl halides is 3. The van der Waals surface area contributed by atoms with Crippen LogP contribution >= 0.6 is 0 Å². The van der Waals surface area contributed by atoms with Gasteiger partial charge in [0.15, 0.2) is 0 Å². The molecule has 1 atom stereocenters. The second-order valence-electron chi connectivity index (χ2n) is 12.1. The summed E-state index contributed by atoms with van der Waals surface area (Å²) in [5.41, 5.74) is 1.95. The Morgan fingerprint density at radius 3 is 2.29 bits per heavy atom. The molecule has 9 nitrogen and oxygen atoms in total. The van der Waals surface area contributed by atoms with E-state index in [2.05, 4.69) is 44.5 Å². The molecular formula is C36H41F3N6O3. The molecule has 1 fully saturated rings. The number of halogens is 3. The van der Waals surface area contributed by atoms with E-state index in [9.17, 15) is 23.1 Å². The van der Waals surface area contributed by atoms with E-state index in [1.165, 1.54) is 17.7 Å². The monoisotopic (exact) mass is 662 g/mol. The number of rotatable bonds is 14. The summed E-state index contributed by atoms with van der Waals surface area (Å²) in [7, 11) is 1.84. The van der Waals surface area contributed by atoms with E-state index < -0.39 is 23.6 Å². The van der Waals surface area contributed by atoms with Crippen LogP contribution in [0.25, 0.3) is 0 Å². The lowest BCUT2D eigenvalue weighted by Gasteiger charge is -2.32. The number of anilines is 4. The zero-order valence-electron chi connectivity index (χ0n) is 27.2. The number of benzene rings is 3. The number of likely N-dealkylation sites (N-methyl/N-ethyl adjacent to an activating group) is 1. The number of carbonyl (C=O) groups is 1. The predicted molar refractivity (Wildman–Crippen MR) is 180 cm³/mol. The Bertz CT molecular complexity index is 1610. The first-order chi connectivity index (χ1) is 23.1. The molecule has 3 aromatic carbocycles. The lowest BCUT2D eigenvalue weighted by Crippen LogP contribution is -2.36. The fraction of sp³-hybridized carbons (Fsp3) is 0.389. The van der Waals surface area contributed by atoms with E-state index in [1.54, 1.807) is 0 Å². The van der Waals surface area contributed by atoms with Crippen LogP contribution in [0.4, 0.5) is 36.7 Å². The third kappa shape index (κ3) is 9.58. The molecule has 0 radical (unpaired) electrons. The SMILES string of the molecule is CCC(Cc1ccc(OCCN(C)c2nc(Nc3ccc(C(F)(F)F)cc3)nc(N3CCC(Cc4ccccc4)CC3)n2)cc1)C(=O)O. The molecule has 4 aromatic rings. The van der Waals surface area contributed by atoms with Crippen molar-refractivity contribution in [2.24, 2.45) is 11.8 Å². The van der Waals surface area contributed by atoms with Crippen LogP contribution in [0.3, 0.4) is 0 Å². The predicted octanol–water partition coefficient (Wildman–Crippen LogP) is 7.26. The first-order valence-electron chi connectivity index (χ1n) is 16.2. The average Bonchev–Trinajstić information content (AvgIpc) is 3.08. The van der Waals surface area contributed by atoms with Crippen molar-refractivity contribution >= 4 is 29.5 Å². The van der Waals surface area contributed by atoms with Crippen molar-refractivity contribution in [3.05, 3.63) is 95.6 Å². The van der Waals surface area contributed by atoms with E-state index in [0.717, 1.165) is 50.0 Å². The maximum Gasteiger partial charge on any atom is 0.416 e. The summed E-state index contributed by atoms with van der Waals surface area (Å²) in [5.74, 6) is 1.13. The Morgan fingerprint density at radius 1 is 0.979 bits per heavy atom. The minimum Gasteiger partial charge on any atom is -0.492 e. The second kappa shape index (κ2) is 15.8. The molecule has 0 spiro atoms. The number of hydrogen-bond donors (Lipinski definition) is 2. The molecule has 5 rings (SSSR count). The lowest BCUT2D eigenvalue weighted by atomic mass is 9.90. The normalized spacial score (nSPS) is 14.4. The van der Waals surface area contributed by atoms with E-state index in [4.69, 9.17) is 9.72 Å². The van der Waals surface area contributed by atoms with Crippen LogP contribution < -0.4 is 19.9 Å². The highest BCUT2D eigenvalue weighted by Crippen LogP contribution is 2.31. The number of carboxylic acid groups (broad SMARTS) is 1. The highest BCUT2D eigenvalue weighted by molar-refractivity contribution is 5.70. The van der Waals surface area contributed by atoms with Crippen molar-refractivity contribution in [1.82, 2.24) is 15.0 Å². The Labute approximate surface area is 278 Å². The zero-order valence-corrected chi connectivity index (χ0v) is 27.2. The largest absolute Gasteiger partial charge is 0.492 e. The van der Waals surface area contributed by atoms with Crippen molar-refractivity contribution in [2.45, 2.75) is 45.2 Å². The highest BCUT2D eigenvalue weighted by Gasteiger charge is 2.30. The number of nitrogens with one attached hydrogen (secondary N) is 1. The molecule has 2 N–H and O–H groups in total. The topological polar surface area (TPSA) is 104 Å². The molecular weight excluding hydrogens is 621 g/mol. The summed E-state index contributed by atoms with van der Waals surface area (Å²) in [6.45, 7) is 4.19. The van der Waals surface area contributed by atoms with Gasteiger partial charge in [-0.05, 0) is 85.5 Å². The van der Waals surface area contributed by atoms with Crippen LogP contribution in [-0.2, 0) is 23.8 Å². The maximum atomic E-state index is 13.1. The second-order valence-corrected chi connectivity index (χ2v) is 12.1. The van der Waals surface area contributed by atoms with Gasteiger partial charge in [-0.1, -0.05) is 49.4 Å². The minimum atomic E-state index is -4.43. The summed E-state index contributed by atoms with van der Waals surface area (Å²) in [5, 5.41) is 12.4. The molecule has 1 aliphatic rings. The molecule has 1 unspecified atom stereocenters. The van der Waals surface area contributed by atoms with Gasteiger partial charge in [-0.15, -0.1) is 0 Å². The highest BCUT2D eigenvalue weighted by atomic mass is 19.4. The molecule has 2 heterocycles. The molecule has 0 aliphatic carbocycles. The first-order valence-corrected chi connectivity index (χ1v) is 16.2. The number of aliphatic carboxylic acids is 1. The molecule has 0 amide bonds. The van der Waals surface area contributed by atoms with Gasteiger partial charge in [-0.3, -0.25) is 4.79 Å². The van der Waals surface area contributed by atoms with E-state index >= 15 is 0 Å². The molecule has 0 bridgehead atoms. The summed E-state index contributed by atoms with van der Waals surface area (Å²) in [4.78, 5) is 29.4. The zero-order chi connectivity index (χ0) is 34.1. The van der Waals surface area contributed by atoms with Gasteiger partial charge in [0.1, 0.15) is 12.4 Å². The molecule has 0 saturated carbocycles. The van der Waals surface area contributed by atoms with E-state index in [1.807, 2.05) is 49.2 Å². The Kier molecular flexibility index (Phi) is 11.4. The Balaban J connectivity index is 1.25. The first kappa shape index (κ1) is 34.5. The van der Waals surface area contributed by atoms with Crippen molar-refractivity contribution in [2.75, 3.05) is 48.4 Å². The van der Waals surface area contributed by atoms with Crippen molar-refractivity contribution in [3.63, 3.8) is 0 Å². The van der Waals surface area contributed by atoms with Gasteiger partial charge >= 0.3 is 12.1 Å². The smallest absolute Gasteiger partial charge is 0.416 e. The van der Waals surface area contributed by atoms with Gasteiger partial charge in [0.05, 0.1) is 18.0 Å². The number of hydrogen-bond acceptors (Lipinski definition) is 8. The number of nitrogens with zero attached hydrogens (tertiary/aromatic N) is 5. The molecule has 1 aromatic heterocycles. The van der Waals surface area contributed by atoms with Crippen molar-refractivity contribution < 1.29 is 27.8 Å². The summed E-state index contributed by atoms with van der Waals surface area (Å²) in [6, 6.07) is 22.6. The van der Waals surface area contributed by atoms with Gasteiger partial charge in [0.2, 0.25) is 17.8 Å². The van der Waals surface area contributed by atoms with Gasteiger partial charge in [-0.2, -0.15) is 28.1 Å². The Morgan fingerprint density at radius 2 is 1.67 bits per heavy atom. The van der Waals surface area contributed by atoms with Gasteiger partial charge in [-0.25, -0.2) is 0 Å². The van der Waals surface area contributed by atoms with Crippen LogP contribution in [0.15, 0.2) is 78.9 Å². The fourth-order valence-corrected chi connectivity index (χ4v) is 5.69. The number of piperidine rings is 1. The summed E-state index contributed by atoms with van der Waals surface area (Å²) < 4.78 is 45.3. The number of ether oxygens (including phenoxy) is 1.